The Morgan fingerprint density at radius 2 is 2.00 bits per heavy atom. The summed E-state index contributed by atoms with van der Waals surface area (Å²) in [6.45, 7) is 0.721. The first-order valence-electron chi connectivity index (χ1n) is 5.01. The van der Waals surface area contributed by atoms with Gasteiger partial charge in [-0.3, -0.25) is 0 Å². The third-order valence-corrected chi connectivity index (χ3v) is 2.66. The first-order chi connectivity index (χ1) is 7.63. The fourth-order valence-corrected chi connectivity index (χ4v) is 1.73. The maximum Gasteiger partial charge on any atom is 0.319 e. The summed E-state index contributed by atoms with van der Waals surface area (Å²) in [6.07, 6.45) is 2.40. The van der Waals surface area contributed by atoms with Crippen LogP contribution in [-0.4, -0.2) is 17.6 Å². The highest BCUT2D eigenvalue weighted by Crippen LogP contribution is 2.27. The van der Waals surface area contributed by atoms with Gasteiger partial charge in [0.15, 0.2) is 0 Å². The molecule has 0 saturated heterocycles. The molecule has 86 valence electrons. The lowest BCUT2D eigenvalue weighted by atomic mass is 10.4. The smallest absolute Gasteiger partial charge is 0.319 e. The van der Waals surface area contributed by atoms with E-state index in [1.807, 2.05) is 0 Å². The van der Waals surface area contributed by atoms with Gasteiger partial charge >= 0.3 is 6.03 Å². The minimum absolute atomic E-state index is 0.245. The monoisotopic (exact) mass is 259 g/mol. The van der Waals surface area contributed by atoms with E-state index < -0.39 is 0 Å². The molecule has 4 nitrogen and oxygen atoms in total. The van der Waals surface area contributed by atoms with E-state index in [0.29, 0.717) is 11.6 Å². The standard InChI is InChI=1S/C10H11Cl2N3O/c11-8-3-7(4-9(12)15-8)14-10(16)13-5-6-1-2-6/h3-4,6H,1-2,5H2,(H2,13,14,15,16). The molecule has 1 aliphatic rings. The number of rotatable bonds is 3. The van der Waals surface area contributed by atoms with E-state index in [9.17, 15) is 4.79 Å². The van der Waals surface area contributed by atoms with Crippen LogP contribution in [0.5, 0.6) is 0 Å². The fraction of sp³-hybridized carbons (Fsp3) is 0.400. The molecular weight excluding hydrogens is 249 g/mol. The summed E-state index contributed by atoms with van der Waals surface area (Å²) in [6, 6.07) is 2.85. The van der Waals surface area contributed by atoms with Gasteiger partial charge in [0.25, 0.3) is 0 Å². The average molecular weight is 260 g/mol. The molecule has 0 unspecified atom stereocenters. The van der Waals surface area contributed by atoms with Gasteiger partial charge in [0, 0.05) is 12.2 Å². The maximum atomic E-state index is 11.4. The Morgan fingerprint density at radius 1 is 1.38 bits per heavy atom. The second-order valence-electron chi connectivity index (χ2n) is 3.78. The molecule has 0 aromatic carbocycles. The van der Waals surface area contributed by atoms with Crippen LogP contribution in [0.25, 0.3) is 0 Å². The van der Waals surface area contributed by atoms with Gasteiger partial charge in [0.2, 0.25) is 0 Å². The largest absolute Gasteiger partial charge is 0.338 e. The number of nitrogens with zero attached hydrogens (tertiary/aromatic N) is 1. The lowest BCUT2D eigenvalue weighted by molar-refractivity contribution is 0.251. The van der Waals surface area contributed by atoms with E-state index in [4.69, 9.17) is 23.2 Å². The normalized spacial score (nSPS) is 14.6. The number of carbonyl (C=O) groups excluding carboxylic acids is 1. The minimum atomic E-state index is -0.245. The second kappa shape index (κ2) is 4.89. The van der Waals surface area contributed by atoms with Crippen molar-refractivity contribution in [1.29, 1.82) is 0 Å². The third-order valence-electron chi connectivity index (χ3n) is 2.27. The van der Waals surface area contributed by atoms with E-state index in [0.717, 1.165) is 6.54 Å². The Balaban J connectivity index is 1.88. The summed E-state index contributed by atoms with van der Waals surface area (Å²) in [5, 5.41) is 5.93. The van der Waals surface area contributed by atoms with Crippen LogP contribution in [0, 0.1) is 5.92 Å². The number of nitrogens with one attached hydrogen (secondary N) is 2. The number of anilines is 1. The van der Waals surface area contributed by atoms with Gasteiger partial charge in [-0.2, -0.15) is 0 Å². The van der Waals surface area contributed by atoms with Crippen molar-refractivity contribution in [1.82, 2.24) is 10.3 Å². The highest BCUT2D eigenvalue weighted by molar-refractivity contribution is 6.32. The zero-order valence-electron chi connectivity index (χ0n) is 8.46. The van der Waals surface area contributed by atoms with Crippen LogP contribution in [0.1, 0.15) is 12.8 Å². The molecular formula is C10H11Cl2N3O. The summed E-state index contributed by atoms with van der Waals surface area (Å²) in [5.74, 6) is 0.648. The molecule has 16 heavy (non-hydrogen) atoms. The van der Waals surface area contributed by atoms with Gasteiger partial charge in [-0.05, 0) is 30.9 Å². The first-order valence-corrected chi connectivity index (χ1v) is 5.77. The summed E-state index contributed by atoms with van der Waals surface area (Å²) < 4.78 is 0. The minimum Gasteiger partial charge on any atom is -0.338 e. The van der Waals surface area contributed by atoms with Crippen molar-refractivity contribution in [2.45, 2.75) is 12.8 Å². The quantitative estimate of drug-likeness (QED) is 0.821. The zero-order valence-corrected chi connectivity index (χ0v) is 9.98. The number of halogens is 2. The summed E-state index contributed by atoms with van der Waals surface area (Å²) >= 11 is 11.4. The SMILES string of the molecule is O=C(NCC1CC1)Nc1cc(Cl)nc(Cl)c1. The van der Waals surface area contributed by atoms with Crippen molar-refractivity contribution >= 4 is 34.9 Å². The van der Waals surface area contributed by atoms with Gasteiger partial charge in [-0.15, -0.1) is 0 Å². The molecule has 6 heteroatoms. The Bertz CT molecular complexity index is 387. The number of hydrogen-bond acceptors (Lipinski definition) is 2. The molecule has 2 rings (SSSR count). The maximum absolute atomic E-state index is 11.4. The number of aromatic nitrogens is 1. The van der Waals surface area contributed by atoms with Crippen molar-refractivity contribution in [3.8, 4) is 0 Å². The molecule has 1 aliphatic carbocycles. The van der Waals surface area contributed by atoms with Gasteiger partial charge < -0.3 is 10.6 Å². The highest BCUT2D eigenvalue weighted by Gasteiger charge is 2.21. The van der Waals surface area contributed by atoms with E-state index in [-0.39, 0.29) is 16.3 Å². The van der Waals surface area contributed by atoms with Gasteiger partial charge in [0.05, 0.1) is 0 Å². The highest BCUT2D eigenvalue weighted by atomic mass is 35.5. The van der Waals surface area contributed by atoms with Crippen LogP contribution in [0.2, 0.25) is 10.3 Å². The topological polar surface area (TPSA) is 54.0 Å². The second-order valence-corrected chi connectivity index (χ2v) is 4.55. The third kappa shape index (κ3) is 3.54. The number of pyridine rings is 1. The van der Waals surface area contributed by atoms with Crippen molar-refractivity contribution in [3.63, 3.8) is 0 Å². The van der Waals surface area contributed by atoms with Gasteiger partial charge in [0.1, 0.15) is 10.3 Å². The molecule has 0 aliphatic heterocycles. The van der Waals surface area contributed by atoms with E-state index in [1.54, 1.807) is 12.1 Å². The van der Waals surface area contributed by atoms with Crippen LogP contribution in [-0.2, 0) is 0 Å². The molecule has 1 fully saturated rings. The lowest BCUT2D eigenvalue weighted by Gasteiger charge is -2.07. The van der Waals surface area contributed by atoms with Gasteiger partial charge in [-0.1, -0.05) is 23.2 Å². The first kappa shape index (κ1) is 11.5. The summed E-state index contributed by atoms with van der Waals surface area (Å²) in [4.78, 5) is 15.2. The van der Waals surface area contributed by atoms with Crippen molar-refractivity contribution in [3.05, 3.63) is 22.4 Å². The molecule has 1 aromatic rings. The van der Waals surface area contributed by atoms with E-state index >= 15 is 0 Å². The Hall–Kier alpha value is -1.00. The van der Waals surface area contributed by atoms with Crippen LogP contribution < -0.4 is 10.6 Å². The van der Waals surface area contributed by atoms with E-state index in [2.05, 4.69) is 15.6 Å². The molecule has 2 amide bonds. The van der Waals surface area contributed by atoms with Crippen LogP contribution in [0.15, 0.2) is 12.1 Å². The van der Waals surface area contributed by atoms with Crippen molar-refractivity contribution < 1.29 is 4.79 Å². The predicted molar refractivity (Wildman–Crippen MR) is 64.0 cm³/mol. The molecule has 2 N–H and O–H groups in total. The Morgan fingerprint density at radius 3 is 2.56 bits per heavy atom. The summed E-state index contributed by atoms with van der Waals surface area (Å²) in [5.41, 5.74) is 0.540. The van der Waals surface area contributed by atoms with Crippen LogP contribution in [0.4, 0.5) is 10.5 Å². The molecule has 1 saturated carbocycles. The van der Waals surface area contributed by atoms with Crippen LogP contribution >= 0.6 is 23.2 Å². The zero-order chi connectivity index (χ0) is 11.5. The number of hydrogen-bond donors (Lipinski definition) is 2. The molecule has 0 spiro atoms. The fourth-order valence-electron chi connectivity index (χ4n) is 1.27. The lowest BCUT2D eigenvalue weighted by Crippen LogP contribution is -2.30. The number of carbonyl (C=O) groups is 1. The van der Waals surface area contributed by atoms with Crippen molar-refractivity contribution in [2.24, 2.45) is 5.92 Å². The molecule has 0 radical (unpaired) electrons. The molecule has 1 aromatic heterocycles. The predicted octanol–water partition coefficient (Wildman–Crippen LogP) is 2.92. The number of amides is 2. The van der Waals surface area contributed by atoms with Gasteiger partial charge in [-0.25, -0.2) is 9.78 Å². The Labute approximate surface area is 103 Å². The molecule has 1 heterocycles. The molecule has 0 atom stereocenters. The van der Waals surface area contributed by atoms with E-state index in [1.165, 1.54) is 12.8 Å². The number of urea groups is 1. The van der Waals surface area contributed by atoms with Crippen molar-refractivity contribution in [2.75, 3.05) is 11.9 Å². The molecule has 0 bridgehead atoms. The average Bonchev–Trinajstić information content (AvgIpc) is 2.96. The summed E-state index contributed by atoms with van der Waals surface area (Å²) in [7, 11) is 0. The van der Waals surface area contributed by atoms with Crippen LogP contribution in [0.3, 0.4) is 0 Å². The Kier molecular flexibility index (Phi) is 3.51.